The number of nitro benzene ring substituents is 1. The molecule has 1 fully saturated rings. The number of nitrogens with zero attached hydrogens (tertiary/aromatic N) is 2. The van der Waals surface area contributed by atoms with Crippen molar-refractivity contribution < 1.29 is 4.92 Å². The number of nitro groups is 1. The monoisotopic (exact) mass is 318 g/mol. The number of rotatable bonds is 4. The standard InChI is InChI=1S/C15H18N4O4/c20-14-15(21)17-13-10(4-7-18-5-2-1-3-6-18)8-11(19(22)23)9-12(13)16-14/h8-9H,1-7H2,(H,16,20)(H,17,21). The van der Waals surface area contributed by atoms with Gasteiger partial charge in [0, 0.05) is 18.7 Å². The Morgan fingerprint density at radius 3 is 2.48 bits per heavy atom. The van der Waals surface area contributed by atoms with Crippen LogP contribution in [0.4, 0.5) is 5.69 Å². The summed E-state index contributed by atoms with van der Waals surface area (Å²) in [7, 11) is 0. The molecule has 1 aromatic heterocycles. The topological polar surface area (TPSA) is 112 Å². The fourth-order valence-corrected chi connectivity index (χ4v) is 3.05. The molecule has 0 unspecified atom stereocenters. The first kappa shape index (κ1) is 15.4. The minimum Gasteiger partial charge on any atom is -0.316 e. The van der Waals surface area contributed by atoms with Gasteiger partial charge >= 0.3 is 11.1 Å². The Balaban J connectivity index is 1.98. The molecule has 1 aliphatic heterocycles. The minimum absolute atomic E-state index is 0.0890. The van der Waals surface area contributed by atoms with Crippen molar-refractivity contribution in [3.05, 3.63) is 48.5 Å². The number of piperidine rings is 1. The van der Waals surface area contributed by atoms with Gasteiger partial charge in [0.25, 0.3) is 5.69 Å². The molecular formula is C15H18N4O4. The predicted molar refractivity (Wildman–Crippen MR) is 85.8 cm³/mol. The van der Waals surface area contributed by atoms with Crippen LogP contribution in [0.2, 0.25) is 0 Å². The summed E-state index contributed by atoms with van der Waals surface area (Å²) in [6.45, 7) is 2.83. The number of benzene rings is 1. The molecule has 23 heavy (non-hydrogen) atoms. The van der Waals surface area contributed by atoms with Crippen LogP contribution in [0.5, 0.6) is 0 Å². The second-order valence-electron chi connectivity index (χ2n) is 5.85. The zero-order valence-electron chi connectivity index (χ0n) is 12.6. The molecule has 0 spiro atoms. The Morgan fingerprint density at radius 2 is 1.78 bits per heavy atom. The maximum atomic E-state index is 11.6. The Bertz CT molecular complexity index is 849. The molecule has 2 N–H and O–H groups in total. The Kier molecular flexibility index (Phi) is 4.24. The van der Waals surface area contributed by atoms with Crippen molar-refractivity contribution >= 4 is 16.7 Å². The van der Waals surface area contributed by atoms with Gasteiger partial charge in [0.05, 0.1) is 16.0 Å². The third kappa shape index (κ3) is 3.31. The Labute approximate surface area is 131 Å². The van der Waals surface area contributed by atoms with E-state index in [1.54, 1.807) is 0 Å². The molecule has 2 aromatic rings. The lowest BCUT2D eigenvalue weighted by atomic mass is 10.1. The largest absolute Gasteiger partial charge is 0.316 e. The van der Waals surface area contributed by atoms with Gasteiger partial charge in [-0.1, -0.05) is 6.42 Å². The van der Waals surface area contributed by atoms with Crippen molar-refractivity contribution in [1.29, 1.82) is 0 Å². The van der Waals surface area contributed by atoms with E-state index in [1.165, 1.54) is 31.4 Å². The predicted octanol–water partition coefficient (Wildman–Crippen LogP) is 1.15. The van der Waals surface area contributed by atoms with Gasteiger partial charge in [-0.2, -0.15) is 0 Å². The van der Waals surface area contributed by atoms with Crippen LogP contribution >= 0.6 is 0 Å². The number of non-ortho nitro benzene ring substituents is 1. The van der Waals surface area contributed by atoms with Crippen LogP contribution in [-0.4, -0.2) is 39.4 Å². The summed E-state index contributed by atoms with van der Waals surface area (Å²) in [5.41, 5.74) is -0.206. The fourth-order valence-electron chi connectivity index (χ4n) is 3.05. The van der Waals surface area contributed by atoms with Crippen LogP contribution in [0.25, 0.3) is 11.0 Å². The quantitative estimate of drug-likeness (QED) is 0.499. The van der Waals surface area contributed by atoms with Crippen LogP contribution in [0.15, 0.2) is 21.7 Å². The number of likely N-dealkylation sites (tertiary alicyclic amines) is 1. The van der Waals surface area contributed by atoms with Gasteiger partial charge < -0.3 is 14.9 Å². The Hall–Kier alpha value is -2.48. The summed E-state index contributed by atoms with van der Waals surface area (Å²) >= 11 is 0. The van der Waals surface area contributed by atoms with Gasteiger partial charge in [0.2, 0.25) is 0 Å². The fraction of sp³-hybridized carbons (Fsp3) is 0.467. The van der Waals surface area contributed by atoms with Gasteiger partial charge in [-0.05, 0) is 37.9 Å². The van der Waals surface area contributed by atoms with E-state index in [-0.39, 0.29) is 11.2 Å². The summed E-state index contributed by atoms with van der Waals surface area (Å²) in [5, 5.41) is 11.1. The molecule has 0 atom stereocenters. The highest BCUT2D eigenvalue weighted by molar-refractivity contribution is 5.80. The third-order valence-corrected chi connectivity index (χ3v) is 4.25. The number of H-pyrrole nitrogens is 2. The van der Waals surface area contributed by atoms with Gasteiger partial charge in [0.15, 0.2) is 0 Å². The lowest BCUT2D eigenvalue weighted by Gasteiger charge is -2.26. The van der Waals surface area contributed by atoms with Crippen molar-refractivity contribution in [2.24, 2.45) is 0 Å². The molecule has 1 aliphatic rings. The van der Waals surface area contributed by atoms with Gasteiger partial charge in [0.1, 0.15) is 0 Å². The molecule has 1 saturated heterocycles. The summed E-state index contributed by atoms with van der Waals surface area (Å²) < 4.78 is 0. The van der Waals surface area contributed by atoms with Crippen molar-refractivity contribution in [3.63, 3.8) is 0 Å². The molecule has 3 rings (SSSR count). The molecule has 0 radical (unpaired) electrons. The van der Waals surface area contributed by atoms with Gasteiger partial charge in [-0.3, -0.25) is 19.7 Å². The van der Waals surface area contributed by atoms with E-state index in [4.69, 9.17) is 0 Å². The van der Waals surface area contributed by atoms with E-state index in [1.807, 2.05) is 0 Å². The second-order valence-corrected chi connectivity index (χ2v) is 5.85. The van der Waals surface area contributed by atoms with Crippen molar-refractivity contribution in [3.8, 4) is 0 Å². The van der Waals surface area contributed by atoms with Gasteiger partial charge in [-0.15, -0.1) is 0 Å². The number of fused-ring (bicyclic) bond motifs is 1. The zero-order valence-corrected chi connectivity index (χ0v) is 12.6. The first-order chi connectivity index (χ1) is 11.0. The molecule has 0 bridgehead atoms. The summed E-state index contributed by atoms with van der Waals surface area (Å²) in [6.07, 6.45) is 4.16. The second kappa shape index (κ2) is 6.33. The van der Waals surface area contributed by atoms with Crippen molar-refractivity contribution in [2.75, 3.05) is 19.6 Å². The third-order valence-electron chi connectivity index (χ3n) is 4.25. The normalized spacial score (nSPS) is 15.8. The van der Waals surface area contributed by atoms with E-state index in [2.05, 4.69) is 14.9 Å². The van der Waals surface area contributed by atoms with Crippen LogP contribution in [-0.2, 0) is 6.42 Å². The smallest absolute Gasteiger partial charge is 0.314 e. The lowest BCUT2D eigenvalue weighted by Crippen LogP contribution is -2.32. The van der Waals surface area contributed by atoms with Crippen LogP contribution in [0.3, 0.4) is 0 Å². The van der Waals surface area contributed by atoms with E-state index in [0.29, 0.717) is 17.5 Å². The molecule has 8 heteroatoms. The molecule has 1 aromatic carbocycles. The molecule has 0 amide bonds. The van der Waals surface area contributed by atoms with E-state index in [0.717, 1.165) is 19.6 Å². The maximum Gasteiger partial charge on any atom is 0.314 e. The summed E-state index contributed by atoms with van der Waals surface area (Å²) in [4.78, 5) is 40.9. The minimum atomic E-state index is -0.806. The molecule has 0 saturated carbocycles. The SMILES string of the molecule is O=c1[nH]c2cc([N+](=O)[O-])cc(CCN3CCCCC3)c2[nH]c1=O. The van der Waals surface area contributed by atoms with Crippen LogP contribution in [0.1, 0.15) is 24.8 Å². The molecule has 8 nitrogen and oxygen atoms in total. The number of aromatic amines is 2. The number of aromatic nitrogens is 2. The molecule has 2 heterocycles. The van der Waals surface area contributed by atoms with Crippen molar-refractivity contribution in [2.45, 2.75) is 25.7 Å². The lowest BCUT2D eigenvalue weighted by molar-refractivity contribution is -0.384. The first-order valence-corrected chi connectivity index (χ1v) is 7.70. The average molecular weight is 318 g/mol. The maximum absolute atomic E-state index is 11.6. The molecule has 0 aliphatic carbocycles. The molecular weight excluding hydrogens is 300 g/mol. The van der Waals surface area contributed by atoms with E-state index >= 15 is 0 Å². The Morgan fingerprint density at radius 1 is 1.09 bits per heavy atom. The number of hydrogen-bond donors (Lipinski definition) is 2. The highest BCUT2D eigenvalue weighted by Gasteiger charge is 2.16. The average Bonchev–Trinajstić information content (AvgIpc) is 2.54. The van der Waals surface area contributed by atoms with Crippen molar-refractivity contribution in [1.82, 2.24) is 14.9 Å². The van der Waals surface area contributed by atoms with E-state index < -0.39 is 16.0 Å². The van der Waals surface area contributed by atoms with Gasteiger partial charge in [-0.25, -0.2) is 0 Å². The van der Waals surface area contributed by atoms with E-state index in [9.17, 15) is 19.7 Å². The number of nitrogens with one attached hydrogen (secondary N) is 2. The van der Waals surface area contributed by atoms with Crippen LogP contribution in [0, 0.1) is 10.1 Å². The van der Waals surface area contributed by atoms with Crippen LogP contribution < -0.4 is 11.1 Å². The zero-order chi connectivity index (χ0) is 16.4. The molecule has 122 valence electrons. The summed E-state index contributed by atoms with van der Waals surface area (Å²) in [5.74, 6) is 0. The highest BCUT2D eigenvalue weighted by atomic mass is 16.6. The highest BCUT2D eigenvalue weighted by Crippen LogP contribution is 2.22. The number of hydrogen-bond acceptors (Lipinski definition) is 5. The summed E-state index contributed by atoms with van der Waals surface area (Å²) in [6, 6.07) is 2.75. The first-order valence-electron chi connectivity index (χ1n) is 7.70.